The van der Waals surface area contributed by atoms with Crippen LogP contribution in [0.15, 0.2) is 0 Å². The van der Waals surface area contributed by atoms with Gasteiger partial charge in [-0.05, 0) is 0 Å². The van der Waals surface area contributed by atoms with E-state index in [1.54, 1.807) is 0 Å². The summed E-state index contributed by atoms with van der Waals surface area (Å²) >= 11 is -2.55. The predicted molar refractivity (Wildman–Crippen MR) is 50.1 cm³/mol. The molecule has 2 atom stereocenters. The van der Waals surface area contributed by atoms with Gasteiger partial charge in [0.1, 0.15) is 0 Å². The number of aliphatic hydroxyl groups excluding tert-OH is 2. The Balaban J connectivity index is 4.46. The summed E-state index contributed by atoms with van der Waals surface area (Å²) in [7, 11) is 0. The van der Waals surface area contributed by atoms with Crippen LogP contribution in [0.4, 0.5) is 0 Å². The molecule has 2 nitrogen and oxygen atoms in total. The van der Waals surface area contributed by atoms with E-state index in [-0.39, 0.29) is 8.24 Å². The molecule has 0 aliphatic rings. The van der Waals surface area contributed by atoms with Gasteiger partial charge in [0.2, 0.25) is 0 Å². The van der Waals surface area contributed by atoms with Gasteiger partial charge in [0.25, 0.3) is 0 Å². The summed E-state index contributed by atoms with van der Waals surface area (Å²) in [4.78, 5) is 0. The number of aliphatic hydroxyl groups is 2. The maximum absolute atomic E-state index is 9.57. The van der Waals surface area contributed by atoms with Gasteiger partial charge in [-0.2, -0.15) is 0 Å². The topological polar surface area (TPSA) is 40.5 Å². The summed E-state index contributed by atoms with van der Waals surface area (Å²) in [6, 6.07) is 0. The Bertz CT molecular complexity index is 98.7. The summed E-state index contributed by atoms with van der Waals surface area (Å²) in [6.07, 6.45) is 0. The van der Waals surface area contributed by atoms with Gasteiger partial charge in [0.15, 0.2) is 0 Å². The molecular weight excluding hydrogens is 247 g/mol. The molecule has 2 N–H and O–H groups in total. The Labute approximate surface area is 73.5 Å². The van der Waals surface area contributed by atoms with Crippen LogP contribution in [0.3, 0.4) is 0 Å². The van der Waals surface area contributed by atoms with Crippen molar-refractivity contribution in [3.05, 3.63) is 0 Å². The van der Waals surface area contributed by atoms with Crippen molar-refractivity contribution in [3.8, 4) is 0 Å². The van der Waals surface area contributed by atoms with Crippen LogP contribution >= 0.6 is 0 Å². The van der Waals surface area contributed by atoms with Gasteiger partial charge in [-0.1, -0.05) is 0 Å². The van der Waals surface area contributed by atoms with Crippen LogP contribution in [-0.4, -0.2) is 36.8 Å². The van der Waals surface area contributed by atoms with E-state index in [9.17, 15) is 10.2 Å². The van der Waals surface area contributed by atoms with Crippen LogP contribution in [-0.2, 0) is 0 Å². The first kappa shape index (κ1) is 11.7. The molecule has 0 heterocycles. The normalized spacial score (nSPS) is 18.0. The number of hydrogen-bond acceptors (Lipinski definition) is 2. The summed E-state index contributed by atoms with van der Waals surface area (Å²) in [5.74, 6) is 0. The van der Waals surface area contributed by atoms with Crippen molar-refractivity contribution < 1.29 is 10.2 Å². The summed E-state index contributed by atoms with van der Waals surface area (Å²) in [5.41, 5.74) is 0. The predicted octanol–water partition coefficient (Wildman–Crippen LogP) is 1.31. The molecule has 0 aliphatic heterocycles. The Morgan fingerprint density at radius 3 is 1.27 bits per heavy atom. The zero-order chi connectivity index (χ0) is 9.07. The van der Waals surface area contributed by atoms with Crippen LogP contribution in [0.25, 0.3) is 0 Å². The van der Waals surface area contributed by atoms with Crippen molar-refractivity contribution in [2.75, 3.05) is 0 Å². The zero-order valence-corrected chi connectivity index (χ0v) is 10.8. The fraction of sp³-hybridized carbons (Fsp3) is 1.00. The van der Waals surface area contributed by atoms with E-state index >= 15 is 0 Å². The van der Waals surface area contributed by atoms with E-state index < -0.39 is 18.4 Å². The molecule has 0 aromatic rings. The maximum atomic E-state index is 9.57. The first-order valence-corrected chi connectivity index (χ1v) is 11.7. The number of hydrogen-bond donors (Lipinski definition) is 2. The molecule has 0 amide bonds. The first-order valence-electron chi connectivity index (χ1n) is 4.37. The minimum atomic E-state index is -2.55. The molecule has 0 fully saturated rings. The van der Waals surface area contributed by atoms with Crippen LogP contribution in [0.5, 0.6) is 0 Å². The van der Waals surface area contributed by atoms with Gasteiger partial charge >= 0.3 is 73.4 Å². The molecule has 0 bridgehead atoms. The molecule has 0 aromatic carbocycles. The molecule has 0 spiro atoms. The SMILES string of the molecule is C[CH2][Sn]([CH2]C)([CH](C)O)[CH](C)O. The van der Waals surface area contributed by atoms with E-state index in [0.717, 1.165) is 8.87 Å². The van der Waals surface area contributed by atoms with Gasteiger partial charge in [0.05, 0.1) is 0 Å². The second kappa shape index (κ2) is 4.67. The van der Waals surface area contributed by atoms with Crippen molar-refractivity contribution in [3.63, 3.8) is 0 Å². The van der Waals surface area contributed by atoms with Crippen molar-refractivity contribution in [1.29, 1.82) is 0 Å². The summed E-state index contributed by atoms with van der Waals surface area (Å²) in [6.45, 7) is 7.88. The van der Waals surface area contributed by atoms with Gasteiger partial charge < -0.3 is 0 Å². The zero-order valence-electron chi connectivity index (χ0n) is 7.96. The van der Waals surface area contributed by atoms with E-state index in [4.69, 9.17) is 0 Å². The van der Waals surface area contributed by atoms with Gasteiger partial charge in [-0.3, -0.25) is 0 Å². The van der Waals surface area contributed by atoms with Gasteiger partial charge in [-0.15, -0.1) is 0 Å². The van der Waals surface area contributed by atoms with Crippen molar-refractivity contribution in [1.82, 2.24) is 0 Å². The van der Waals surface area contributed by atoms with Crippen molar-refractivity contribution in [2.24, 2.45) is 0 Å². The summed E-state index contributed by atoms with van der Waals surface area (Å²) < 4.78 is 1.61. The van der Waals surface area contributed by atoms with E-state index in [1.807, 2.05) is 13.8 Å². The quantitative estimate of drug-likeness (QED) is 0.754. The fourth-order valence-electron chi connectivity index (χ4n) is 1.78. The van der Waals surface area contributed by atoms with Crippen LogP contribution < -0.4 is 0 Å². The monoisotopic (exact) mass is 268 g/mol. The first-order chi connectivity index (χ1) is 5.01. The van der Waals surface area contributed by atoms with Gasteiger partial charge in [0, 0.05) is 0 Å². The molecule has 68 valence electrons. The Morgan fingerprint density at radius 2 is 1.27 bits per heavy atom. The molecule has 3 heteroatoms. The van der Waals surface area contributed by atoms with Crippen molar-refractivity contribution in [2.45, 2.75) is 44.8 Å². The fourth-order valence-corrected chi connectivity index (χ4v) is 11.9. The number of rotatable bonds is 4. The molecule has 0 saturated carbocycles. The standard InChI is InChI=1S/2C2H5O.2C2H5.Sn/c2*1-2-3;2*1-2;/h2*2-3H,1H3;2*1H2,2H3;. The average Bonchev–Trinajstić information content (AvgIpc) is 1.90. The second-order valence-corrected chi connectivity index (χ2v) is 19.1. The van der Waals surface area contributed by atoms with E-state index in [0.29, 0.717) is 0 Å². The molecule has 0 saturated heterocycles. The molecule has 0 rings (SSSR count). The summed E-state index contributed by atoms with van der Waals surface area (Å²) in [5, 5.41) is 19.1. The second-order valence-electron chi connectivity index (χ2n) is 3.29. The minimum absolute atomic E-state index is 0.223. The third kappa shape index (κ3) is 2.33. The molecule has 0 aliphatic carbocycles. The Kier molecular flexibility index (Phi) is 4.98. The third-order valence-corrected chi connectivity index (χ3v) is 20.0. The Morgan fingerprint density at radius 1 is 1.00 bits per heavy atom. The van der Waals surface area contributed by atoms with E-state index in [2.05, 4.69) is 13.8 Å². The van der Waals surface area contributed by atoms with Gasteiger partial charge in [-0.25, -0.2) is 0 Å². The van der Waals surface area contributed by atoms with Crippen molar-refractivity contribution >= 4 is 18.4 Å². The van der Waals surface area contributed by atoms with Crippen LogP contribution in [0.2, 0.25) is 8.87 Å². The average molecular weight is 267 g/mol. The molecule has 0 aromatic heterocycles. The molecule has 2 unspecified atom stereocenters. The Hall–Kier alpha value is 0.719. The molecule has 0 radical (unpaired) electrons. The van der Waals surface area contributed by atoms with E-state index in [1.165, 1.54) is 0 Å². The molecular formula is C8H20O2Sn. The molecule has 11 heavy (non-hydrogen) atoms. The van der Waals surface area contributed by atoms with Crippen LogP contribution in [0, 0.1) is 0 Å². The third-order valence-electron chi connectivity index (χ3n) is 2.98. The van der Waals surface area contributed by atoms with Crippen LogP contribution in [0.1, 0.15) is 27.7 Å².